The number of carbonyl (C=O) groups excluding carboxylic acids is 2. The predicted octanol–water partition coefficient (Wildman–Crippen LogP) is 1.94. The normalized spacial score (nSPS) is 21.4. The minimum Gasteiger partial charge on any atom is -0.461 e. The summed E-state index contributed by atoms with van der Waals surface area (Å²) in [6, 6.07) is 6.57. The van der Waals surface area contributed by atoms with Crippen LogP contribution in [0.25, 0.3) is 11.0 Å². The Hall–Kier alpha value is -3.58. The van der Waals surface area contributed by atoms with Crippen LogP contribution in [0.2, 0.25) is 0 Å². The van der Waals surface area contributed by atoms with E-state index in [-0.39, 0.29) is 37.0 Å². The first-order chi connectivity index (χ1) is 16.5. The number of aryl methyl sites for hydroxylation is 1. The fourth-order valence-electron chi connectivity index (χ4n) is 4.66. The van der Waals surface area contributed by atoms with E-state index < -0.39 is 6.04 Å². The molecule has 0 aliphatic carbocycles. The number of hydrogen-bond donors (Lipinski definition) is 3. The lowest BCUT2D eigenvalue weighted by molar-refractivity contribution is -0.141. The zero-order valence-electron chi connectivity index (χ0n) is 19.3. The van der Waals surface area contributed by atoms with Crippen LogP contribution >= 0.6 is 0 Å². The van der Waals surface area contributed by atoms with Gasteiger partial charge in [-0.3, -0.25) is 14.9 Å². The number of carbonyl (C=O) groups is 2. The number of nitriles is 1. The summed E-state index contributed by atoms with van der Waals surface area (Å²) in [5, 5.41) is 25.3. The van der Waals surface area contributed by atoms with Crippen LogP contribution in [0.5, 0.6) is 0 Å². The van der Waals surface area contributed by atoms with Gasteiger partial charge in [-0.25, -0.2) is 4.99 Å². The highest BCUT2D eigenvalue weighted by Crippen LogP contribution is 2.23. The number of nitrogens with zero attached hydrogens (tertiary/aromatic N) is 4. The van der Waals surface area contributed by atoms with Crippen molar-refractivity contribution in [2.24, 2.45) is 4.99 Å². The second-order valence-electron chi connectivity index (χ2n) is 8.79. The summed E-state index contributed by atoms with van der Waals surface area (Å²) >= 11 is 0. The first kappa shape index (κ1) is 23.6. The number of aliphatic hydroxyl groups is 1. The zero-order valence-corrected chi connectivity index (χ0v) is 19.3. The van der Waals surface area contributed by atoms with Crippen molar-refractivity contribution in [1.82, 2.24) is 15.1 Å². The quantitative estimate of drug-likeness (QED) is 0.265. The van der Waals surface area contributed by atoms with Crippen molar-refractivity contribution in [1.29, 1.82) is 5.26 Å². The third kappa shape index (κ3) is 5.31. The number of aliphatic hydroxyl groups excluding tert-OH is 1. The first-order valence-electron chi connectivity index (χ1n) is 11.7. The van der Waals surface area contributed by atoms with Crippen LogP contribution in [0.15, 0.2) is 33.7 Å². The van der Waals surface area contributed by atoms with E-state index in [1.165, 1.54) is 0 Å². The highest BCUT2D eigenvalue weighted by molar-refractivity contribution is 5.98. The van der Waals surface area contributed by atoms with Crippen LogP contribution in [-0.2, 0) is 9.59 Å². The van der Waals surface area contributed by atoms with Crippen molar-refractivity contribution in [2.75, 3.05) is 31.6 Å². The van der Waals surface area contributed by atoms with Gasteiger partial charge < -0.3 is 24.6 Å². The van der Waals surface area contributed by atoms with Crippen LogP contribution in [0.1, 0.15) is 37.9 Å². The number of benzene rings is 1. The number of likely N-dealkylation sites (tertiary alicyclic amines) is 2. The predicted molar refractivity (Wildman–Crippen MR) is 127 cm³/mol. The van der Waals surface area contributed by atoms with E-state index in [1.54, 1.807) is 9.80 Å². The Morgan fingerprint density at radius 1 is 1.26 bits per heavy atom. The molecule has 2 saturated heterocycles. The largest absolute Gasteiger partial charge is 0.461 e. The Morgan fingerprint density at radius 3 is 2.91 bits per heavy atom. The molecule has 0 saturated carbocycles. The lowest BCUT2D eigenvalue weighted by Gasteiger charge is -2.28. The highest BCUT2D eigenvalue weighted by atomic mass is 16.3. The molecule has 2 aliphatic heterocycles. The average molecular weight is 467 g/mol. The number of anilines is 1. The zero-order chi connectivity index (χ0) is 24.1. The molecule has 34 heavy (non-hydrogen) atoms. The number of nitrogens with one attached hydrogen (secondary N) is 2. The van der Waals surface area contributed by atoms with Gasteiger partial charge in [-0.1, -0.05) is 0 Å². The van der Waals surface area contributed by atoms with E-state index in [0.717, 1.165) is 42.4 Å². The minimum absolute atomic E-state index is 0.0215. The van der Waals surface area contributed by atoms with Crippen LogP contribution in [0, 0.1) is 18.4 Å². The first-order valence-corrected chi connectivity index (χ1v) is 11.7. The molecule has 2 aromatic rings. The van der Waals surface area contributed by atoms with Gasteiger partial charge in [-0.2, -0.15) is 5.26 Å². The van der Waals surface area contributed by atoms with Crippen LogP contribution < -0.4 is 10.6 Å². The molecule has 2 fully saturated rings. The van der Waals surface area contributed by atoms with Gasteiger partial charge in [-0.15, -0.1) is 0 Å². The smallest absolute Gasteiger partial charge is 0.247 e. The molecule has 180 valence electrons. The van der Waals surface area contributed by atoms with Gasteiger partial charge in [0.25, 0.3) is 0 Å². The van der Waals surface area contributed by atoms with Crippen LogP contribution in [-0.4, -0.2) is 71.0 Å². The summed E-state index contributed by atoms with van der Waals surface area (Å²) in [7, 11) is 0. The maximum Gasteiger partial charge on any atom is 0.247 e. The van der Waals surface area contributed by atoms with Crippen molar-refractivity contribution in [3.05, 3.63) is 30.0 Å². The summed E-state index contributed by atoms with van der Waals surface area (Å²) in [5.74, 6) is 0.597. The Bertz CT molecular complexity index is 1120. The SMILES string of the molecule is Cc1cc2cc(NC(=N[C@H]3CCCCN(CC(=O)N4CCC[C@H]4CO)C3=O)NC#N)ccc2o1. The molecule has 2 aliphatic rings. The molecule has 0 radical (unpaired) electrons. The minimum atomic E-state index is -0.703. The molecular weight excluding hydrogens is 436 g/mol. The fraction of sp³-hybridized carbons (Fsp3) is 0.500. The van der Waals surface area contributed by atoms with Gasteiger partial charge in [0.15, 0.2) is 6.19 Å². The average Bonchev–Trinajstić information content (AvgIpc) is 3.40. The van der Waals surface area contributed by atoms with Crippen molar-refractivity contribution >= 4 is 34.4 Å². The number of aliphatic imine (C=N–C) groups is 1. The van der Waals surface area contributed by atoms with E-state index >= 15 is 0 Å². The number of rotatable bonds is 5. The molecule has 3 N–H and O–H groups in total. The van der Waals surface area contributed by atoms with Gasteiger partial charge in [-0.05, 0) is 63.3 Å². The Balaban J connectivity index is 1.49. The molecule has 10 heteroatoms. The topological polar surface area (TPSA) is 134 Å². The number of fused-ring (bicyclic) bond motifs is 1. The number of amides is 2. The molecule has 2 amide bonds. The van der Waals surface area contributed by atoms with Gasteiger partial charge >= 0.3 is 0 Å². The van der Waals surface area contributed by atoms with Crippen molar-refractivity contribution in [3.63, 3.8) is 0 Å². The molecule has 1 aromatic heterocycles. The monoisotopic (exact) mass is 466 g/mol. The van der Waals surface area contributed by atoms with E-state index in [2.05, 4.69) is 15.6 Å². The number of furan rings is 1. The highest BCUT2D eigenvalue weighted by Gasteiger charge is 2.33. The molecule has 0 spiro atoms. The Labute approximate surface area is 198 Å². The second-order valence-corrected chi connectivity index (χ2v) is 8.79. The van der Waals surface area contributed by atoms with Crippen LogP contribution in [0.3, 0.4) is 0 Å². The molecule has 0 unspecified atom stereocenters. The Morgan fingerprint density at radius 2 is 2.12 bits per heavy atom. The van der Waals surface area contributed by atoms with Gasteiger partial charge in [0.2, 0.25) is 17.8 Å². The second kappa shape index (κ2) is 10.6. The number of hydrogen-bond acceptors (Lipinski definition) is 6. The van der Waals surface area contributed by atoms with E-state index in [4.69, 9.17) is 4.42 Å². The summed E-state index contributed by atoms with van der Waals surface area (Å²) in [5.41, 5.74) is 1.46. The fourth-order valence-corrected chi connectivity index (χ4v) is 4.66. The lowest BCUT2D eigenvalue weighted by atomic mass is 10.1. The standard InChI is InChI=1S/C24H30N6O4/c1-16-11-17-12-18(7-8-21(17)34-16)27-24(26-15-25)28-20-6-2-3-9-29(23(20)33)13-22(32)30-10-4-5-19(30)14-31/h7-8,11-12,19-20,31H,2-6,9-10,13-14H2,1H3,(H2,26,27,28)/t19-,20-/m0/s1. The third-order valence-corrected chi connectivity index (χ3v) is 6.35. The molecule has 2 atom stereocenters. The van der Waals surface area contributed by atoms with Crippen molar-refractivity contribution in [3.8, 4) is 6.19 Å². The van der Waals surface area contributed by atoms with E-state index in [9.17, 15) is 20.0 Å². The Kier molecular flexibility index (Phi) is 7.33. The number of guanidine groups is 1. The third-order valence-electron chi connectivity index (χ3n) is 6.35. The molecule has 1 aromatic carbocycles. The molecule has 10 nitrogen and oxygen atoms in total. The maximum atomic E-state index is 13.3. The summed E-state index contributed by atoms with van der Waals surface area (Å²) in [6.45, 7) is 2.88. The lowest BCUT2D eigenvalue weighted by Crippen LogP contribution is -2.47. The van der Waals surface area contributed by atoms with E-state index in [0.29, 0.717) is 25.2 Å². The maximum absolute atomic E-state index is 13.3. The van der Waals surface area contributed by atoms with Gasteiger partial charge in [0, 0.05) is 24.2 Å². The summed E-state index contributed by atoms with van der Waals surface area (Å²) in [4.78, 5) is 33.9. The summed E-state index contributed by atoms with van der Waals surface area (Å²) in [6.07, 6.45) is 5.60. The van der Waals surface area contributed by atoms with Gasteiger partial charge in [0.05, 0.1) is 19.2 Å². The van der Waals surface area contributed by atoms with Crippen molar-refractivity contribution in [2.45, 2.75) is 51.1 Å². The molecular formula is C24H30N6O4. The van der Waals surface area contributed by atoms with Crippen molar-refractivity contribution < 1.29 is 19.1 Å². The molecule has 3 heterocycles. The molecule has 4 rings (SSSR count). The van der Waals surface area contributed by atoms with E-state index in [1.807, 2.05) is 37.4 Å². The van der Waals surface area contributed by atoms with Gasteiger partial charge in [0.1, 0.15) is 17.4 Å². The summed E-state index contributed by atoms with van der Waals surface area (Å²) < 4.78 is 5.60. The molecule has 0 bridgehead atoms. The van der Waals surface area contributed by atoms with Crippen LogP contribution in [0.4, 0.5) is 5.69 Å².